The number of nitrogens with two attached hydrogens (primary N) is 1. The van der Waals surface area contributed by atoms with Crippen molar-refractivity contribution in [1.29, 1.82) is 0 Å². The molecule has 0 saturated heterocycles. The number of amides is 1. The highest BCUT2D eigenvalue weighted by Crippen LogP contribution is 2.31. The second kappa shape index (κ2) is 7.60. The zero-order valence-electron chi connectivity index (χ0n) is 17.2. The van der Waals surface area contributed by atoms with E-state index < -0.39 is 11.7 Å². The molecule has 2 aromatic carbocycles. The predicted molar refractivity (Wildman–Crippen MR) is 118 cm³/mol. The van der Waals surface area contributed by atoms with Gasteiger partial charge in [-0.1, -0.05) is 12.1 Å². The number of carbonyl (C=O) groups is 1. The molecule has 7 nitrogen and oxygen atoms in total. The standard InChI is InChI=1S/C23H20F2N6O/c1-12-7-17-18(20(26)32)9-15(25)10-19(17)31(12)23-29-21-16(5-6-27-21)22(30-23)28-11-13-3-2-4-14(24)8-13/h2-4,7-10H,5-6,11H2,1H3,(H2,26,32)(H2,27,28,29,30). The van der Waals surface area contributed by atoms with Crippen LogP contribution in [0.3, 0.4) is 0 Å². The Labute approximate surface area is 182 Å². The fourth-order valence-electron chi connectivity index (χ4n) is 4.11. The van der Waals surface area contributed by atoms with Gasteiger partial charge in [0.1, 0.15) is 23.3 Å². The minimum atomic E-state index is -0.708. The summed E-state index contributed by atoms with van der Waals surface area (Å²) in [5.74, 6) is 0.0429. The van der Waals surface area contributed by atoms with E-state index in [2.05, 4.69) is 15.6 Å². The second-order valence-electron chi connectivity index (χ2n) is 7.73. The Kier molecular flexibility index (Phi) is 4.73. The molecule has 1 aliphatic rings. The van der Waals surface area contributed by atoms with Gasteiger partial charge in [-0.2, -0.15) is 9.97 Å². The summed E-state index contributed by atoms with van der Waals surface area (Å²) in [6.07, 6.45) is 0.743. The Bertz CT molecular complexity index is 1380. The number of nitrogens with zero attached hydrogens (tertiary/aromatic N) is 3. The minimum Gasteiger partial charge on any atom is -0.369 e. The van der Waals surface area contributed by atoms with E-state index in [1.807, 2.05) is 13.0 Å². The molecule has 2 aromatic heterocycles. The average molecular weight is 434 g/mol. The van der Waals surface area contributed by atoms with Crippen LogP contribution >= 0.6 is 0 Å². The van der Waals surface area contributed by atoms with E-state index in [-0.39, 0.29) is 11.4 Å². The minimum absolute atomic E-state index is 0.102. The number of anilines is 2. The summed E-state index contributed by atoms with van der Waals surface area (Å²) in [6, 6.07) is 10.6. The molecule has 32 heavy (non-hydrogen) atoms. The van der Waals surface area contributed by atoms with E-state index in [9.17, 15) is 13.6 Å². The molecule has 4 N–H and O–H groups in total. The quantitative estimate of drug-likeness (QED) is 0.445. The number of nitrogens with one attached hydrogen (secondary N) is 2. The van der Waals surface area contributed by atoms with Crippen LogP contribution < -0.4 is 16.4 Å². The molecule has 0 spiro atoms. The molecule has 3 heterocycles. The van der Waals surface area contributed by atoms with Gasteiger partial charge in [0.15, 0.2) is 0 Å². The van der Waals surface area contributed by atoms with Gasteiger partial charge in [0, 0.05) is 29.7 Å². The van der Waals surface area contributed by atoms with Gasteiger partial charge in [0.2, 0.25) is 11.9 Å². The van der Waals surface area contributed by atoms with E-state index in [1.165, 1.54) is 18.2 Å². The Balaban J connectivity index is 1.62. The fraction of sp³-hybridized carbons (Fsp3) is 0.174. The third-order valence-electron chi connectivity index (χ3n) is 5.55. The first-order valence-electron chi connectivity index (χ1n) is 10.2. The Hall–Kier alpha value is -4.01. The fourth-order valence-corrected chi connectivity index (χ4v) is 4.11. The number of primary amides is 1. The number of aryl methyl sites for hydroxylation is 1. The smallest absolute Gasteiger partial charge is 0.249 e. The zero-order valence-corrected chi connectivity index (χ0v) is 17.2. The normalized spacial score (nSPS) is 12.6. The van der Waals surface area contributed by atoms with E-state index >= 15 is 0 Å². The van der Waals surface area contributed by atoms with Crippen molar-refractivity contribution in [2.24, 2.45) is 5.73 Å². The molecule has 0 bridgehead atoms. The van der Waals surface area contributed by atoms with Crippen LogP contribution in [0.25, 0.3) is 16.9 Å². The van der Waals surface area contributed by atoms with Crippen LogP contribution in [0, 0.1) is 18.6 Å². The van der Waals surface area contributed by atoms with Crippen molar-refractivity contribution < 1.29 is 13.6 Å². The lowest BCUT2D eigenvalue weighted by molar-refractivity contribution is 0.100. The molecule has 0 atom stereocenters. The van der Waals surface area contributed by atoms with Crippen LogP contribution in [-0.4, -0.2) is 27.0 Å². The molecule has 5 rings (SSSR count). The average Bonchev–Trinajstić information content (AvgIpc) is 3.34. The van der Waals surface area contributed by atoms with Gasteiger partial charge in [-0.25, -0.2) is 8.78 Å². The van der Waals surface area contributed by atoms with Crippen LogP contribution in [0.4, 0.5) is 20.4 Å². The monoisotopic (exact) mass is 434 g/mol. The van der Waals surface area contributed by atoms with E-state index in [4.69, 9.17) is 10.7 Å². The summed E-state index contributed by atoms with van der Waals surface area (Å²) in [6.45, 7) is 2.92. The summed E-state index contributed by atoms with van der Waals surface area (Å²) < 4.78 is 29.5. The molecule has 0 radical (unpaired) electrons. The van der Waals surface area contributed by atoms with Gasteiger partial charge < -0.3 is 16.4 Å². The first-order valence-corrected chi connectivity index (χ1v) is 10.2. The number of carbonyl (C=O) groups excluding carboxylic acids is 1. The van der Waals surface area contributed by atoms with Crippen LogP contribution in [0.5, 0.6) is 0 Å². The maximum Gasteiger partial charge on any atom is 0.249 e. The Morgan fingerprint density at radius 1 is 1.19 bits per heavy atom. The lowest BCUT2D eigenvalue weighted by atomic mass is 10.1. The molecule has 1 amide bonds. The van der Waals surface area contributed by atoms with Gasteiger partial charge in [0.05, 0.1) is 11.1 Å². The SMILES string of the molecule is Cc1cc2c(C(N)=O)cc(F)cc2n1-c1nc2c(c(NCc3cccc(F)c3)n1)CCN2. The highest BCUT2D eigenvalue weighted by atomic mass is 19.1. The topological polar surface area (TPSA) is 97.9 Å². The largest absolute Gasteiger partial charge is 0.369 e. The molecular weight excluding hydrogens is 414 g/mol. The zero-order chi connectivity index (χ0) is 22.4. The van der Waals surface area contributed by atoms with Gasteiger partial charge in [-0.15, -0.1) is 0 Å². The highest BCUT2D eigenvalue weighted by molar-refractivity contribution is 6.06. The molecule has 0 fully saturated rings. The number of benzene rings is 2. The van der Waals surface area contributed by atoms with Gasteiger partial charge in [-0.3, -0.25) is 9.36 Å². The number of rotatable bonds is 5. The molecular formula is C23H20F2N6O. The lowest BCUT2D eigenvalue weighted by Gasteiger charge is -2.14. The molecule has 0 unspecified atom stereocenters. The predicted octanol–water partition coefficient (Wildman–Crippen LogP) is 3.69. The Morgan fingerprint density at radius 3 is 2.81 bits per heavy atom. The van der Waals surface area contributed by atoms with E-state index in [0.717, 1.165) is 29.3 Å². The highest BCUT2D eigenvalue weighted by Gasteiger charge is 2.22. The summed E-state index contributed by atoms with van der Waals surface area (Å²) >= 11 is 0. The van der Waals surface area contributed by atoms with Crippen molar-refractivity contribution >= 4 is 28.4 Å². The first kappa shape index (κ1) is 19.9. The van der Waals surface area contributed by atoms with Crippen molar-refractivity contribution in [1.82, 2.24) is 14.5 Å². The van der Waals surface area contributed by atoms with Crippen molar-refractivity contribution in [2.45, 2.75) is 19.9 Å². The third-order valence-corrected chi connectivity index (χ3v) is 5.55. The Morgan fingerprint density at radius 2 is 2.03 bits per heavy atom. The summed E-state index contributed by atoms with van der Waals surface area (Å²) in [4.78, 5) is 21.2. The molecule has 162 valence electrons. The van der Waals surface area contributed by atoms with E-state index in [1.54, 1.807) is 16.7 Å². The van der Waals surface area contributed by atoms with Crippen molar-refractivity contribution in [3.63, 3.8) is 0 Å². The maximum absolute atomic E-state index is 14.3. The molecule has 4 aromatic rings. The number of fused-ring (bicyclic) bond motifs is 2. The van der Waals surface area contributed by atoms with Gasteiger partial charge in [0.25, 0.3) is 0 Å². The number of hydrogen-bond donors (Lipinski definition) is 3. The molecule has 0 aliphatic carbocycles. The van der Waals surface area contributed by atoms with Gasteiger partial charge in [-0.05, 0) is 49.2 Å². The third kappa shape index (κ3) is 3.41. The van der Waals surface area contributed by atoms with Crippen LogP contribution in [0.1, 0.15) is 27.2 Å². The first-order chi connectivity index (χ1) is 15.4. The van der Waals surface area contributed by atoms with E-state index in [0.29, 0.717) is 41.6 Å². The van der Waals surface area contributed by atoms with Gasteiger partial charge >= 0.3 is 0 Å². The van der Waals surface area contributed by atoms with Crippen LogP contribution in [0.2, 0.25) is 0 Å². The lowest BCUT2D eigenvalue weighted by Crippen LogP contribution is -2.12. The summed E-state index contributed by atoms with van der Waals surface area (Å²) in [7, 11) is 0. The number of aromatic nitrogens is 3. The number of hydrogen-bond acceptors (Lipinski definition) is 5. The van der Waals surface area contributed by atoms with Crippen molar-refractivity contribution in [3.05, 3.63) is 76.5 Å². The summed E-state index contributed by atoms with van der Waals surface area (Å²) in [5.41, 5.74) is 8.45. The van der Waals surface area contributed by atoms with Crippen molar-refractivity contribution in [3.8, 4) is 5.95 Å². The van der Waals surface area contributed by atoms with Crippen LogP contribution in [-0.2, 0) is 13.0 Å². The maximum atomic E-state index is 14.3. The summed E-state index contributed by atoms with van der Waals surface area (Å²) in [5, 5.41) is 7.06. The molecule has 1 aliphatic heterocycles. The number of halogens is 2. The van der Waals surface area contributed by atoms with Crippen LogP contribution in [0.15, 0.2) is 42.5 Å². The molecule has 0 saturated carbocycles. The van der Waals surface area contributed by atoms with Crippen molar-refractivity contribution in [2.75, 3.05) is 17.2 Å². The molecule has 9 heteroatoms. The second-order valence-corrected chi connectivity index (χ2v) is 7.73.